The van der Waals surface area contributed by atoms with Crippen molar-refractivity contribution in [3.63, 3.8) is 0 Å². The molecular weight excluding hydrogens is 423 g/mol. The summed E-state index contributed by atoms with van der Waals surface area (Å²) < 4.78 is 11.3. The first kappa shape index (κ1) is 16.6. The van der Waals surface area contributed by atoms with Crippen molar-refractivity contribution in [3.05, 3.63) is 47.7 Å². The van der Waals surface area contributed by atoms with Crippen LogP contribution in [0.15, 0.2) is 17.5 Å². The molecule has 1 aromatic heterocycles. The molecule has 0 radical (unpaired) electrons. The molecule has 0 saturated carbocycles. The Bertz CT molecular complexity index is 682. The molecule has 0 aliphatic carbocycles. The van der Waals surface area contributed by atoms with E-state index in [0.29, 0.717) is 22.9 Å². The van der Waals surface area contributed by atoms with Crippen LogP contribution in [0.25, 0.3) is 0 Å². The monoisotopic (exact) mass is 436 g/mol. The van der Waals surface area contributed by atoms with Crippen molar-refractivity contribution in [2.75, 3.05) is 7.11 Å². The van der Waals surface area contributed by atoms with Gasteiger partial charge in [0.25, 0.3) is 0 Å². The summed E-state index contributed by atoms with van der Waals surface area (Å²) in [6.45, 7) is 4.66. The van der Waals surface area contributed by atoms with Crippen LogP contribution in [0, 0.1) is 17.4 Å². The normalized spacial score (nSPS) is 10.5. The highest BCUT2D eigenvalue weighted by molar-refractivity contribution is 14.1. The lowest BCUT2D eigenvalue weighted by molar-refractivity contribution is 0.0601. The zero-order valence-electron chi connectivity index (χ0n) is 11.8. The van der Waals surface area contributed by atoms with Gasteiger partial charge in [0.2, 0.25) is 0 Å². The van der Waals surface area contributed by atoms with Crippen molar-refractivity contribution in [2.24, 2.45) is 0 Å². The van der Waals surface area contributed by atoms with Gasteiger partial charge in [-0.25, -0.2) is 4.79 Å². The molecule has 1 heterocycles. The smallest absolute Gasteiger partial charge is 0.339 e. The summed E-state index contributed by atoms with van der Waals surface area (Å²) in [6, 6.07) is 3.33. The molecule has 0 unspecified atom stereocenters. The van der Waals surface area contributed by atoms with E-state index < -0.39 is 5.97 Å². The van der Waals surface area contributed by atoms with Gasteiger partial charge >= 0.3 is 5.97 Å². The highest BCUT2D eigenvalue weighted by atomic mass is 127. The van der Waals surface area contributed by atoms with Crippen LogP contribution in [0.5, 0.6) is 5.75 Å². The first-order valence-corrected chi connectivity index (χ1v) is 8.51. The molecule has 0 saturated heterocycles. The third-order valence-corrected chi connectivity index (χ3v) is 5.42. The molecule has 0 bridgehead atoms. The molecule has 0 N–H and O–H groups in total. The molecule has 6 heteroatoms. The summed E-state index contributed by atoms with van der Waals surface area (Å²) in [7, 11) is 1.33. The van der Waals surface area contributed by atoms with Crippen molar-refractivity contribution in [1.29, 1.82) is 0 Å². The maximum atomic E-state index is 11.6. The molecule has 0 aliphatic heterocycles. The minimum atomic E-state index is -0.450. The van der Waals surface area contributed by atoms with E-state index in [2.05, 4.69) is 41.8 Å². The van der Waals surface area contributed by atoms with Crippen molar-refractivity contribution < 1.29 is 14.3 Å². The number of thiophene rings is 1. The molecule has 0 amide bonds. The van der Waals surface area contributed by atoms with Crippen LogP contribution in [0.1, 0.15) is 26.4 Å². The number of ether oxygens (including phenoxy) is 2. The van der Waals surface area contributed by atoms with E-state index >= 15 is 0 Å². The van der Waals surface area contributed by atoms with Gasteiger partial charge in [-0.3, -0.25) is 0 Å². The number of carbonyl (C=O) groups is 1. The maximum absolute atomic E-state index is 11.6. The molecule has 0 aliphatic rings. The molecule has 0 atom stereocenters. The SMILES string of the molecule is COC(=O)c1cc(I)c(OCc2csc(C)c2C)cc1Cl. The summed E-state index contributed by atoms with van der Waals surface area (Å²) in [5.74, 6) is 0.213. The predicted octanol–water partition coefficient (Wildman–Crippen LogP) is 4.99. The predicted molar refractivity (Wildman–Crippen MR) is 93.6 cm³/mol. The van der Waals surface area contributed by atoms with Gasteiger partial charge in [-0.15, -0.1) is 11.3 Å². The standard InChI is InChI=1S/C15H14ClIO3S/c1-8-9(2)21-7-10(8)6-20-14-5-12(16)11(4-13(14)17)15(18)19-3/h4-5,7H,6H2,1-3H3. The first-order valence-electron chi connectivity index (χ1n) is 6.17. The number of aryl methyl sites for hydroxylation is 1. The van der Waals surface area contributed by atoms with Crippen molar-refractivity contribution >= 4 is 51.5 Å². The zero-order valence-corrected chi connectivity index (χ0v) is 15.6. The van der Waals surface area contributed by atoms with Crippen molar-refractivity contribution in [3.8, 4) is 5.75 Å². The largest absolute Gasteiger partial charge is 0.488 e. The van der Waals surface area contributed by atoms with E-state index in [1.165, 1.54) is 23.1 Å². The van der Waals surface area contributed by atoms with Gasteiger partial charge in [-0.05, 0) is 53.4 Å². The fourth-order valence-electron chi connectivity index (χ4n) is 1.77. The van der Waals surface area contributed by atoms with E-state index in [-0.39, 0.29) is 0 Å². The van der Waals surface area contributed by atoms with E-state index in [4.69, 9.17) is 21.1 Å². The summed E-state index contributed by atoms with van der Waals surface area (Å²) in [5.41, 5.74) is 2.77. The van der Waals surface area contributed by atoms with Crippen LogP contribution in [0.2, 0.25) is 5.02 Å². The number of halogens is 2. The van der Waals surface area contributed by atoms with Crippen molar-refractivity contribution in [1.82, 2.24) is 0 Å². The van der Waals surface area contributed by atoms with E-state index in [1.807, 2.05) is 0 Å². The van der Waals surface area contributed by atoms with Crippen LogP contribution in [-0.2, 0) is 11.3 Å². The third-order valence-electron chi connectivity index (χ3n) is 3.20. The quantitative estimate of drug-likeness (QED) is 0.500. The lowest BCUT2D eigenvalue weighted by atomic mass is 10.2. The molecule has 21 heavy (non-hydrogen) atoms. The number of benzene rings is 1. The summed E-state index contributed by atoms with van der Waals surface area (Å²) in [4.78, 5) is 12.9. The van der Waals surface area contributed by atoms with E-state index in [0.717, 1.165) is 3.57 Å². The molecule has 1 aromatic carbocycles. The second kappa shape index (κ2) is 6.98. The van der Waals surface area contributed by atoms with E-state index in [1.54, 1.807) is 23.5 Å². The second-order valence-corrected chi connectivity index (χ2v) is 7.14. The number of rotatable bonds is 4. The van der Waals surface area contributed by atoms with Gasteiger partial charge in [0, 0.05) is 16.5 Å². The average molecular weight is 437 g/mol. The molecular formula is C15H14ClIO3S. The Morgan fingerprint density at radius 2 is 2.10 bits per heavy atom. The third kappa shape index (κ3) is 3.70. The zero-order chi connectivity index (χ0) is 15.6. The molecule has 2 rings (SSSR count). The molecule has 0 spiro atoms. The van der Waals surface area contributed by atoms with Gasteiger partial charge < -0.3 is 9.47 Å². The molecule has 112 valence electrons. The van der Waals surface area contributed by atoms with Crippen LogP contribution in [0.4, 0.5) is 0 Å². The van der Waals surface area contributed by atoms with Crippen molar-refractivity contribution in [2.45, 2.75) is 20.5 Å². The number of hydrogen-bond acceptors (Lipinski definition) is 4. The Morgan fingerprint density at radius 3 is 2.67 bits per heavy atom. The molecule has 0 fully saturated rings. The van der Waals surface area contributed by atoms with Gasteiger partial charge in [0.1, 0.15) is 12.4 Å². The van der Waals surface area contributed by atoms with Crippen LogP contribution >= 0.6 is 45.5 Å². The number of esters is 1. The lowest BCUT2D eigenvalue weighted by Gasteiger charge is -2.11. The van der Waals surface area contributed by atoms with Crippen LogP contribution in [-0.4, -0.2) is 13.1 Å². The van der Waals surface area contributed by atoms with Gasteiger partial charge in [-0.2, -0.15) is 0 Å². The van der Waals surface area contributed by atoms with Gasteiger partial charge in [0.05, 0.1) is 21.3 Å². The second-order valence-electron chi connectivity index (χ2n) is 4.48. The number of carbonyl (C=O) groups excluding carboxylic acids is 1. The molecule has 2 aromatic rings. The minimum Gasteiger partial charge on any atom is -0.488 e. The van der Waals surface area contributed by atoms with E-state index in [9.17, 15) is 4.79 Å². The lowest BCUT2D eigenvalue weighted by Crippen LogP contribution is -2.04. The Balaban J connectivity index is 2.19. The Morgan fingerprint density at radius 1 is 1.38 bits per heavy atom. The Hall–Kier alpha value is -0.790. The topological polar surface area (TPSA) is 35.5 Å². The Labute approximate surface area is 146 Å². The summed E-state index contributed by atoms with van der Waals surface area (Å²) in [5, 5.41) is 2.43. The Kier molecular flexibility index (Phi) is 5.51. The summed E-state index contributed by atoms with van der Waals surface area (Å²) in [6.07, 6.45) is 0. The van der Waals surface area contributed by atoms with Crippen LogP contribution in [0.3, 0.4) is 0 Å². The first-order chi connectivity index (χ1) is 9.93. The average Bonchev–Trinajstić information content (AvgIpc) is 2.78. The number of hydrogen-bond donors (Lipinski definition) is 0. The minimum absolute atomic E-state index is 0.329. The van der Waals surface area contributed by atoms with Crippen LogP contribution < -0.4 is 4.74 Å². The summed E-state index contributed by atoms with van der Waals surface area (Å²) >= 11 is 9.94. The van der Waals surface area contributed by atoms with Gasteiger partial charge in [0.15, 0.2) is 0 Å². The fraction of sp³-hybridized carbons (Fsp3) is 0.267. The van der Waals surface area contributed by atoms with Gasteiger partial charge in [-0.1, -0.05) is 11.6 Å². The maximum Gasteiger partial charge on any atom is 0.339 e. The fourth-order valence-corrected chi connectivity index (χ4v) is 3.49. The highest BCUT2D eigenvalue weighted by Gasteiger charge is 2.15. The number of methoxy groups -OCH3 is 1. The molecule has 3 nitrogen and oxygen atoms in total. The highest BCUT2D eigenvalue weighted by Crippen LogP contribution is 2.30.